The summed E-state index contributed by atoms with van der Waals surface area (Å²) in [5.41, 5.74) is 4.73. The second-order valence-electron chi connectivity index (χ2n) is 8.68. The van der Waals surface area contributed by atoms with Gasteiger partial charge in [0.2, 0.25) is 0 Å². The Morgan fingerprint density at radius 2 is 1.67 bits per heavy atom. The molecule has 160 valence electrons. The summed E-state index contributed by atoms with van der Waals surface area (Å²) in [6.45, 7) is 10.3. The Labute approximate surface area is 182 Å². The second kappa shape index (κ2) is 10.9. The van der Waals surface area contributed by atoms with Gasteiger partial charge in [-0.15, -0.1) is 0 Å². The zero-order valence-corrected chi connectivity index (χ0v) is 19.2. The number of benzene rings is 2. The van der Waals surface area contributed by atoms with E-state index in [1.54, 1.807) is 0 Å². The second-order valence-corrected chi connectivity index (χ2v) is 8.68. The molecule has 2 aromatic rings. The molecule has 3 rings (SSSR count). The molecule has 1 N–H and O–H groups in total. The van der Waals surface area contributed by atoms with Crippen molar-refractivity contribution < 1.29 is 9.28 Å². The maximum absolute atomic E-state index is 13.0. The molecule has 1 amide bonds. The van der Waals surface area contributed by atoms with Gasteiger partial charge in [-0.05, 0) is 50.5 Å². The number of likely N-dealkylation sites (N-methyl/N-ethyl adjacent to an activating group) is 1. The number of hydrogen-bond acceptors (Lipinski definition) is 2. The minimum absolute atomic E-state index is 0.0111. The van der Waals surface area contributed by atoms with E-state index in [9.17, 15) is 4.79 Å². The number of hydrogen-bond donors (Lipinski definition) is 1. The molecule has 0 spiro atoms. The summed E-state index contributed by atoms with van der Waals surface area (Å²) in [6, 6.07) is 16.1. The van der Waals surface area contributed by atoms with Gasteiger partial charge in [-0.25, -0.2) is 0 Å². The van der Waals surface area contributed by atoms with Crippen LogP contribution in [0.5, 0.6) is 0 Å². The Morgan fingerprint density at radius 3 is 2.10 bits per heavy atom. The third-order valence-corrected chi connectivity index (χ3v) is 6.06. The minimum Gasteiger partial charge on any atom is -0.320 e. The van der Waals surface area contributed by atoms with E-state index in [-0.39, 0.29) is 11.9 Å². The molecule has 1 heterocycles. The smallest absolute Gasteiger partial charge is 0.282 e. The molecule has 1 saturated heterocycles. The third kappa shape index (κ3) is 6.18. The number of likely N-dealkylation sites (tertiary alicyclic amines) is 1. The number of quaternary nitrogens is 1. The van der Waals surface area contributed by atoms with Crippen molar-refractivity contribution in [1.29, 1.82) is 5.26 Å². The number of nitrogens with one attached hydrogen (secondary N) is 1. The van der Waals surface area contributed by atoms with E-state index in [2.05, 4.69) is 44.4 Å². The van der Waals surface area contributed by atoms with Crippen molar-refractivity contribution in [3.05, 3.63) is 64.7 Å². The van der Waals surface area contributed by atoms with Gasteiger partial charge >= 0.3 is 0 Å². The van der Waals surface area contributed by atoms with Crippen LogP contribution in [0.1, 0.15) is 54.9 Å². The lowest BCUT2D eigenvalue weighted by Crippen LogP contribution is -2.55. The zero-order chi connectivity index (χ0) is 22.1. The van der Waals surface area contributed by atoms with Gasteiger partial charge in [0.05, 0.1) is 31.8 Å². The summed E-state index contributed by atoms with van der Waals surface area (Å²) in [6.07, 6.45) is 4.34. The highest BCUT2D eigenvalue weighted by atomic mass is 16.2. The van der Waals surface area contributed by atoms with Crippen LogP contribution in [0.25, 0.3) is 0 Å². The molecule has 30 heavy (non-hydrogen) atoms. The number of anilines is 1. The Kier molecular flexibility index (Phi) is 8.62. The quantitative estimate of drug-likeness (QED) is 0.665. The van der Waals surface area contributed by atoms with Crippen molar-refractivity contribution in [2.75, 3.05) is 25.5 Å². The Hall–Kier alpha value is -2.64. The van der Waals surface area contributed by atoms with Gasteiger partial charge < -0.3 is 9.80 Å². The largest absolute Gasteiger partial charge is 0.320 e. The van der Waals surface area contributed by atoms with Gasteiger partial charge in [0.25, 0.3) is 5.91 Å². The van der Waals surface area contributed by atoms with Gasteiger partial charge in [0.1, 0.15) is 0 Å². The predicted molar refractivity (Wildman–Crippen MR) is 124 cm³/mol. The maximum atomic E-state index is 13.0. The van der Waals surface area contributed by atoms with Crippen molar-refractivity contribution in [2.45, 2.75) is 59.4 Å². The lowest BCUT2D eigenvalue weighted by atomic mass is 10.0. The van der Waals surface area contributed by atoms with E-state index in [4.69, 9.17) is 5.26 Å². The highest BCUT2D eigenvalue weighted by Crippen LogP contribution is 2.27. The first-order chi connectivity index (χ1) is 14.3. The van der Waals surface area contributed by atoms with Crippen molar-refractivity contribution in [1.82, 2.24) is 0 Å². The summed E-state index contributed by atoms with van der Waals surface area (Å²) >= 11 is 0. The average Bonchev–Trinajstić information content (AvgIpc) is 3.17. The first-order valence-electron chi connectivity index (χ1n) is 11.0. The summed E-state index contributed by atoms with van der Waals surface area (Å²) in [7, 11) is 2.21. The van der Waals surface area contributed by atoms with Crippen molar-refractivity contribution in [3.8, 4) is 6.07 Å². The van der Waals surface area contributed by atoms with Gasteiger partial charge in [-0.3, -0.25) is 4.79 Å². The Balaban J connectivity index is 0.000000386. The van der Waals surface area contributed by atoms with Crippen LogP contribution < -0.4 is 5.32 Å². The zero-order valence-electron chi connectivity index (χ0n) is 19.2. The number of carbonyl (C=O) groups is 1. The third-order valence-electron chi connectivity index (χ3n) is 6.06. The standard InChI is InChI=1S/C19H27N3O.C7H8/c1-5-8-17(22(4)9-6-7-10-22)19(23)21-18-14(2)11-16(13-20)12-15(18)3;1-7-5-3-2-4-6-7/h11-12,17H,5-10H2,1-4H3;2-6H,1H3/p+1. The molecule has 1 unspecified atom stereocenters. The van der Waals surface area contributed by atoms with Crippen LogP contribution in [0.2, 0.25) is 0 Å². The molecule has 0 aliphatic carbocycles. The molecule has 4 heteroatoms. The van der Waals surface area contributed by atoms with Crippen LogP contribution in [-0.2, 0) is 4.79 Å². The number of amides is 1. The molecular formula is C26H36N3O+. The molecule has 0 radical (unpaired) electrons. The fourth-order valence-corrected chi connectivity index (χ4v) is 4.33. The predicted octanol–water partition coefficient (Wildman–Crippen LogP) is 5.52. The first-order valence-corrected chi connectivity index (χ1v) is 11.0. The van der Waals surface area contributed by atoms with Crippen molar-refractivity contribution in [2.24, 2.45) is 0 Å². The topological polar surface area (TPSA) is 52.9 Å². The van der Waals surface area contributed by atoms with Crippen molar-refractivity contribution in [3.63, 3.8) is 0 Å². The van der Waals surface area contributed by atoms with Crippen LogP contribution in [0, 0.1) is 32.1 Å². The number of aryl methyl sites for hydroxylation is 3. The molecule has 4 nitrogen and oxygen atoms in total. The van der Waals surface area contributed by atoms with Gasteiger partial charge in [-0.2, -0.15) is 5.26 Å². The minimum atomic E-state index is 0.0111. The monoisotopic (exact) mass is 406 g/mol. The lowest BCUT2D eigenvalue weighted by Gasteiger charge is -2.37. The number of rotatable bonds is 5. The summed E-state index contributed by atoms with van der Waals surface area (Å²) in [5, 5.41) is 12.2. The number of carbonyl (C=O) groups excluding carboxylic acids is 1. The van der Waals surface area contributed by atoms with E-state index in [1.807, 2.05) is 44.2 Å². The van der Waals surface area contributed by atoms with Gasteiger partial charge in [0, 0.05) is 24.9 Å². The molecule has 1 aliphatic heterocycles. The van der Waals surface area contributed by atoms with E-state index < -0.39 is 0 Å². The van der Waals surface area contributed by atoms with Crippen molar-refractivity contribution >= 4 is 11.6 Å². The molecule has 0 bridgehead atoms. The lowest BCUT2D eigenvalue weighted by molar-refractivity contribution is -0.913. The fraction of sp³-hybridized carbons (Fsp3) is 0.462. The summed E-state index contributed by atoms with van der Waals surface area (Å²) in [4.78, 5) is 13.0. The number of nitrogens with zero attached hydrogens (tertiary/aromatic N) is 2. The molecule has 1 aliphatic rings. The van der Waals surface area contributed by atoms with E-state index in [0.29, 0.717) is 5.56 Å². The van der Waals surface area contributed by atoms with Crippen LogP contribution in [0.15, 0.2) is 42.5 Å². The van der Waals surface area contributed by atoms with E-state index in [1.165, 1.54) is 18.4 Å². The first kappa shape index (κ1) is 23.6. The Bertz CT molecular complexity index is 854. The van der Waals surface area contributed by atoms with E-state index in [0.717, 1.165) is 47.2 Å². The van der Waals surface area contributed by atoms with Crippen LogP contribution in [0.4, 0.5) is 5.69 Å². The number of nitriles is 1. The van der Waals surface area contributed by atoms with Crippen LogP contribution in [-0.4, -0.2) is 36.6 Å². The normalized spacial score (nSPS) is 15.5. The fourth-order valence-electron chi connectivity index (χ4n) is 4.33. The average molecular weight is 407 g/mol. The molecular weight excluding hydrogens is 370 g/mol. The SMILES string of the molecule is CCCC(C(=O)Nc1c(C)cc(C#N)cc1C)[N+]1(C)CCCC1.Cc1ccccc1. The molecule has 2 aromatic carbocycles. The molecule has 1 atom stereocenters. The highest BCUT2D eigenvalue weighted by molar-refractivity contribution is 5.95. The Morgan fingerprint density at radius 1 is 1.10 bits per heavy atom. The summed E-state index contributed by atoms with van der Waals surface area (Å²) < 4.78 is 0.855. The van der Waals surface area contributed by atoms with E-state index >= 15 is 0 Å². The van der Waals surface area contributed by atoms with Gasteiger partial charge in [0.15, 0.2) is 6.04 Å². The molecule has 1 fully saturated rings. The molecule has 0 saturated carbocycles. The highest BCUT2D eigenvalue weighted by Gasteiger charge is 2.40. The van der Waals surface area contributed by atoms with Crippen LogP contribution >= 0.6 is 0 Å². The van der Waals surface area contributed by atoms with Gasteiger partial charge in [-0.1, -0.05) is 42.8 Å². The molecule has 0 aromatic heterocycles. The maximum Gasteiger partial charge on any atom is 0.282 e. The van der Waals surface area contributed by atoms with Crippen LogP contribution in [0.3, 0.4) is 0 Å². The summed E-state index contributed by atoms with van der Waals surface area (Å²) in [5.74, 6) is 0.118.